The number of carboxylic acids is 1. The Balaban J connectivity index is 2.01. The summed E-state index contributed by atoms with van der Waals surface area (Å²) in [6.07, 6.45) is 0. The zero-order valence-electron chi connectivity index (χ0n) is 9.67. The molecule has 0 unspecified atom stereocenters. The second-order valence-electron chi connectivity index (χ2n) is 4.04. The molecule has 5 nitrogen and oxygen atoms in total. The third-order valence-electron chi connectivity index (χ3n) is 2.94. The molecular weight excluding hydrogens is 239 g/mol. The van der Waals surface area contributed by atoms with Crippen LogP contribution in [0.1, 0.15) is 0 Å². The fraction of sp³-hybridized carbons (Fsp3) is 0.333. The predicted octanol–water partition coefficient (Wildman–Crippen LogP) is 0.559. The van der Waals surface area contributed by atoms with E-state index in [0.717, 1.165) is 0 Å². The Labute approximate surface area is 103 Å². The Morgan fingerprint density at radius 3 is 2.28 bits per heavy atom. The SMILES string of the molecule is O=C(O)C(=O)N1CCN(c2ccccc2F)CC1. The number of rotatable bonds is 1. The average Bonchev–Trinajstić information content (AvgIpc) is 2.38. The first kappa shape index (κ1) is 12.3. The Kier molecular flexibility index (Phi) is 3.45. The standard InChI is InChI=1S/C12H13FN2O3/c13-9-3-1-2-4-10(9)14-5-7-15(8-6-14)11(16)12(17)18/h1-4H,5-8H2,(H,17,18). The van der Waals surface area contributed by atoms with Gasteiger partial charge >= 0.3 is 11.9 Å². The van der Waals surface area contributed by atoms with Crippen LogP contribution in [0.25, 0.3) is 0 Å². The molecule has 1 amide bonds. The fourth-order valence-corrected chi connectivity index (χ4v) is 1.99. The molecule has 0 atom stereocenters. The van der Waals surface area contributed by atoms with Crippen molar-refractivity contribution in [2.75, 3.05) is 31.1 Å². The highest BCUT2D eigenvalue weighted by molar-refractivity contribution is 6.31. The first-order valence-electron chi connectivity index (χ1n) is 5.61. The van der Waals surface area contributed by atoms with Crippen molar-refractivity contribution < 1.29 is 19.1 Å². The number of carbonyl (C=O) groups is 2. The zero-order chi connectivity index (χ0) is 13.1. The quantitative estimate of drug-likeness (QED) is 0.742. The second-order valence-corrected chi connectivity index (χ2v) is 4.04. The lowest BCUT2D eigenvalue weighted by Gasteiger charge is -2.35. The minimum atomic E-state index is -1.45. The number of benzene rings is 1. The van der Waals surface area contributed by atoms with E-state index >= 15 is 0 Å². The van der Waals surface area contributed by atoms with Gasteiger partial charge in [0.1, 0.15) is 5.82 Å². The molecule has 0 spiro atoms. The van der Waals surface area contributed by atoms with Gasteiger partial charge in [-0.25, -0.2) is 9.18 Å². The van der Waals surface area contributed by atoms with E-state index in [1.54, 1.807) is 23.1 Å². The molecule has 1 aromatic carbocycles. The van der Waals surface area contributed by atoms with E-state index in [4.69, 9.17) is 5.11 Å². The van der Waals surface area contributed by atoms with E-state index in [-0.39, 0.29) is 5.82 Å². The van der Waals surface area contributed by atoms with Crippen LogP contribution in [-0.4, -0.2) is 48.1 Å². The van der Waals surface area contributed by atoms with E-state index < -0.39 is 11.9 Å². The molecule has 1 heterocycles. The molecule has 1 aliphatic heterocycles. The molecule has 0 radical (unpaired) electrons. The molecule has 18 heavy (non-hydrogen) atoms. The number of halogens is 1. The van der Waals surface area contributed by atoms with Gasteiger partial charge in [0.15, 0.2) is 0 Å². The summed E-state index contributed by atoms with van der Waals surface area (Å²) in [6, 6.07) is 6.41. The molecule has 0 aliphatic carbocycles. The number of amides is 1. The molecule has 1 N–H and O–H groups in total. The Morgan fingerprint density at radius 1 is 1.11 bits per heavy atom. The summed E-state index contributed by atoms with van der Waals surface area (Å²) in [7, 11) is 0. The molecule has 0 aromatic heterocycles. The third kappa shape index (κ3) is 2.42. The van der Waals surface area contributed by atoms with Crippen LogP contribution in [0.4, 0.5) is 10.1 Å². The Morgan fingerprint density at radius 2 is 1.72 bits per heavy atom. The highest BCUT2D eigenvalue weighted by atomic mass is 19.1. The summed E-state index contributed by atoms with van der Waals surface area (Å²) < 4.78 is 13.5. The largest absolute Gasteiger partial charge is 0.474 e. The lowest BCUT2D eigenvalue weighted by atomic mass is 10.2. The van der Waals surface area contributed by atoms with Crippen LogP contribution in [0.15, 0.2) is 24.3 Å². The van der Waals surface area contributed by atoms with Gasteiger partial charge in [0.05, 0.1) is 5.69 Å². The first-order valence-corrected chi connectivity index (χ1v) is 5.61. The second kappa shape index (κ2) is 5.03. The number of hydrogen-bond donors (Lipinski definition) is 1. The molecule has 2 rings (SSSR count). The lowest BCUT2D eigenvalue weighted by Crippen LogP contribution is -2.50. The van der Waals surface area contributed by atoms with Crippen molar-refractivity contribution in [3.8, 4) is 0 Å². The number of piperazine rings is 1. The normalized spacial score (nSPS) is 15.6. The molecule has 1 aliphatic rings. The van der Waals surface area contributed by atoms with E-state index in [0.29, 0.717) is 31.9 Å². The minimum Gasteiger partial charge on any atom is -0.474 e. The molecule has 1 aromatic rings. The van der Waals surface area contributed by atoms with Crippen LogP contribution in [-0.2, 0) is 9.59 Å². The summed E-state index contributed by atoms with van der Waals surface area (Å²) in [4.78, 5) is 24.9. The van der Waals surface area contributed by atoms with E-state index in [2.05, 4.69) is 0 Å². The maximum atomic E-state index is 13.5. The minimum absolute atomic E-state index is 0.291. The van der Waals surface area contributed by atoms with Gasteiger partial charge in [-0.05, 0) is 12.1 Å². The number of nitrogens with zero attached hydrogens (tertiary/aromatic N) is 2. The molecule has 1 saturated heterocycles. The molecular formula is C12H13FN2O3. The summed E-state index contributed by atoms with van der Waals surface area (Å²) >= 11 is 0. The maximum Gasteiger partial charge on any atom is 0.394 e. The summed E-state index contributed by atoms with van der Waals surface area (Å²) in [5.74, 6) is -2.66. The smallest absolute Gasteiger partial charge is 0.394 e. The number of carbonyl (C=O) groups excluding carboxylic acids is 1. The highest BCUT2D eigenvalue weighted by Crippen LogP contribution is 2.20. The Bertz CT molecular complexity index is 470. The Hall–Kier alpha value is -2.11. The van der Waals surface area contributed by atoms with Gasteiger partial charge in [0.2, 0.25) is 0 Å². The van der Waals surface area contributed by atoms with Crippen LogP contribution < -0.4 is 4.90 Å². The van der Waals surface area contributed by atoms with Crippen molar-refractivity contribution in [2.24, 2.45) is 0 Å². The molecule has 0 bridgehead atoms. The number of aliphatic carboxylic acids is 1. The van der Waals surface area contributed by atoms with Crippen LogP contribution in [0.5, 0.6) is 0 Å². The van der Waals surface area contributed by atoms with Crippen LogP contribution >= 0.6 is 0 Å². The van der Waals surface area contributed by atoms with E-state index in [1.165, 1.54) is 11.0 Å². The van der Waals surface area contributed by atoms with Crippen molar-refractivity contribution in [1.82, 2.24) is 4.90 Å². The monoisotopic (exact) mass is 252 g/mol. The molecule has 6 heteroatoms. The maximum absolute atomic E-state index is 13.5. The highest BCUT2D eigenvalue weighted by Gasteiger charge is 2.26. The van der Waals surface area contributed by atoms with E-state index in [1.807, 2.05) is 0 Å². The van der Waals surface area contributed by atoms with Crippen molar-refractivity contribution in [3.63, 3.8) is 0 Å². The summed E-state index contributed by atoms with van der Waals surface area (Å²) in [5, 5.41) is 8.60. The van der Waals surface area contributed by atoms with Gasteiger partial charge in [-0.2, -0.15) is 0 Å². The average molecular weight is 252 g/mol. The third-order valence-corrected chi connectivity index (χ3v) is 2.94. The number of hydrogen-bond acceptors (Lipinski definition) is 3. The summed E-state index contributed by atoms with van der Waals surface area (Å²) in [5.41, 5.74) is 0.486. The number of carboxylic acid groups (broad SMARTS) is 1. The van der Waals surface area contributed by atoms with Crippen molar-refractivity contribution in [3.05, 3.63) is 30.1 Å². The number of para-hydroxylation sites is 1. The summed E-state index contributed by atoms with van der Waals surface area (Å²) in [6.45, 7) is 1.44. The van der Waals surface area contributed by atoms with Crippen molar-refractivity contribution in [1.29, 1.82) is 0 Å². The molecule has 0 saturated carbocycles. The van der Waals surface area contributed by atoms with Gasteiger partial charge in [0.25, 0.3) is 0 Å². The van der Waals surface area contributed by atoms with Crippen LogP contribution in [0.2, 0.25) is 0 Å². The topological polar surface area (TPSA) is 60.9 Å². The first-order chi connectivity index (χ1) is 8.59. The van der Waals surface area contributed by atoms with Crippen molar-refractivity contribution in [2.45, 2.75) is 0 Å². The molecule has 1 fully saturated rings. The van der Waals surface area contributed by atoms with Gasteiger partial charge in [-0.3, -0.25) is 4.79 Å². The van der Waals surface area contributed by atoms with E-state index in [9.17, 15) is 14.0 Å². The fourth-order valence-electron chi connectivity index (χ4n) is 1.99. The van der Waals surface area contributed by atoms with Crippen molar-refractivity contribution >= 4 is 17.6 Å². The van der Waals surface area contributed by atoms with Gasteiger partial charge in [-0.1, -0.05) is 12.1 Å². The predicted molar refractivity (Wildman–Crippen MR) is 62.8 cm³/mol. The lowest BCUT2D eigenvalue weighted by molar-refractivity contribution is -0.156. The van der Waals surface area contributed by atoms with Crippen LogP contribution in [0, 0.1) is 5.82 Å². The van der Waals surface area contributed by atoms with Gasteiger partial charge in [0, 0.05) is 26.2 Å². The zero-order valence-corrected chi connectivity index (χ0v) is 9.67. The van der Waals surface area contributed by atoms with Gasteiger partial charge < -0.3 is 14.9 Å². The number of anilines is 1. The molecule has 96 valence electrons. The van der Waals surface area contributed by atoms with Crippen LogP contribution in [0.3, 0.4) is 0 Å². The van der Waals surface area contributed by atoms with Gasteiger partial charge in [-0.15, -0.1) is 0 Å².